The third kappa shape index (κ3) is 8.46. The summed E-state index contributed by atoms with van der Waals surface area (Å²) in [6.45, 7) is 13.5. The van der Waals surface area contributed by atoms with Gasteiger partial charge in [0.2, 0.25) is 5.88 Å². The maximum absolute atomic E-state index is 5.50. The van der Waals surface area contributed by atoms with E-state index >= 15 is 0 Å². The van der Waals surface area contributed by atoms with Gasteiger partial charge in [-0.1, -0.05) is 40.0 Å². The molecule has 0 aliphatic rings. The summed E-state index contributed by atoms with van der Waals surface area (Å²) in [6, 6.07) is 0. The van der Waals surface area contributed by atoms with Crippen LogP contribution in [-0.4, -0.2) is 23.9 Å². The van der Waals surface area contributed by atoms with Gasteiger partial charge in [-0.2, -0.15) is 9.82 Å². The molecule has 0 unspecified atom stereocenters. The van der Waals surface area contributed by atoms with E-state index in [0.717, 1.165) is 0 Å². The SMILES string of the molecule is C=C(N=[SH](CCCC)(CCCC)CCCC)OCC. The van der Waals surface area contributed by atoms with Crippen molar-refractivity contribution < 1.29 is 4.74 Å². The maximum Gasteiger partial charge on any atom is 0.210 e. The van der Waals surface area contributed by atoms with Crippen LogP contribution in [-0.2, 0) is 14.6 Å². The molecule has 0 aromatic rings. The third-order valence-corrected chi connectivity index (χ3v) is 7.51. The van der Waals surface area contributed by atoms with Gasteiger partial charge >= 0.3 is 0 Å². The molecule has 0 spiro atoms. The van der Waals surface area contributed by atoms with E-state index in [1.54, 1.807) is 0 Å². The minimum atomic E-state index is -1.23. The molecule has 0 amide bonds. The van der Waals surface area contributed by atoms with Crippen molar-refractivity contribution in [2.24, 2.45) is 4.36 Å². The number of hydrogen-bond donors (Lipinski definition) is 1. The van der Waals surface area contributed by atoms with Crippen LogP contribution < -0.4 is 0 Å². The van der Waals surface area contributed by atoms with Gasteiger partial charge in [-0.25, -0.2) is 4.36 Å². The van der Waals surface area contributed by atoms with Crippen molar-refractivity contribution in [3.05, 3.63) is 12.5 Å². The van der Waals surface area contributed by atoms with Crippen molar-refractivity contribution in [3.63, 3.8) is 0 Å². The Hall–Kier alpha value is -0.310. The summed E-state index contributed by atoms with van der Waals surface area (Å²) in [5.41, 5.74) is 0. The summed E-state index contributed by atoms with van der Waals surface area (Å²) in [7, 11) is -1.23. The minimum Gasteiger partial charge on any atom is -0.478 e. The molecule has 0 aromatic heterocycles. The van der Waals surface area contributed by atoms with Crippen molar-refractivity contribution >= 4 is 9.82 Å². The Morgan fingerprint density at radius 2 is 1.32 bits per heavy atom. The van der Waals surface area contributed by atoms with Crippen LogP contribution in [0.4, 0.5) is 0 Å². The summed E-state index contributed by atoms with van der Waals surface area (Å²) in [5.74, 6) is 4.54. The maximum atomic E-state index is 5.50. The lowest BCUT2D eigenvalue weighted by Crippen LogP contribution is -2.25. The van der Waals surface area contributed by atoms with Gasteiger partial charge < -0.3 is 4.74 Å². The molecule has 0 saturated heterocycles. The fraction of sp³-hybridized carbons (Fsp3) is 0.875. The minimum absolute atomic E-state index is 0.678. The number of rotatable bonds is 12. The second-order valence-corrected chi connectivity index (χ2v) is 8.99. The molecule has 2 nitrogen and oxygen atoms in total. The van der Waals surface area contributed by atoms with E-state index in [-0.39, 0.29) is 0 Å². The zero-order valence-electron chi connectivity index (χ0n) is 13.6. The van der Waals surface area contributed by atoms with Crippen LogP contribution in [0.5, 0.6) is 0 Å². The average molecular weight is 290 g/mol. The summed E-state index contributed by atoms with van der Waals surface area (Å²) in [4.78, 5) is 0. The van der Waals surface area contributed by atoms with Gasteiger partial charge in [0.15, 0.2) is 0 Å². The Kier molecular flexibility index (Phi) is 11.3. The number of hydrogen-bond acceptors (Lipinski definition) is 2. The van der Waals surface area contributed by atoms with Crippen molar-refractivity contribution in [1.82, 2.24) is 0 Å². The predicted octanol–water partition coefficient (Wildman–Crippen LogP) is 4.96. The highest BCUT2D eigenvalue weighted by molar-refractivity contribution is 8.05. The number of unbranched alkanes of at least 4 members (excludes halogenated alkanes) is 3. The monoisotopic (exact) mass is 289 g/mol. The molecule has 0 aliphatic heterocycles. The molecule has 0 bridgehead atoms. The zero-order chi connectivity index (χ0) is 14.6. The van der Waals surface area contributed by atoms with E-state index in [1.165, 1.54) is 55.8 Å². The normalized spacial score (nSPS) is 12.2. The highest BCUT2D eigenvalue weighted by Gasteiger charge is 2.14. The van der Waals surface area contributed by atoms with Crippen LogP contribution in [0.25, 0.3) is 0 Å². The molecule has 0 radical (unpaired) electrons. The summed E-state index contributed by atoms with van der Waals surface area (Å²) >= 11 is 0. The second kappa shape index (κ2) is 11.5. The van der Waals surface area contributed by atoms with Crippen LogP contribution in [0.15, 0.2) is 16.8 Å². The largest absolute Gasteiger partial charge is 0.478 e. The van der Waals surface area contributed by atoms with Crippen LogP contribution >= 0.6 is 0 Å². The summed E-state index contributed by atoms with van der Waals surface area (Å²) in [6.07, 6.45) is 7.67. The Bertz CT molecular complexity index is 258. The Morgan fingerprint density at radius 1 is 0.895 bits per heavy atom. The predicted molar refractivity (Wildman–Crippen MR) is 91.3 cm³/mol. The molecule has 0 aliphatic carbocycles. The van der Waals surface area contributed by atoms with Crippen LogP contribution in [0, 0.1) is 0 Å². The highest BCUT2D eigenvalue weighted by atomic mass is 32.2. The fourth-order valence-corrected chi connectivity index (χ4v) is 6.49. The van der Waals surface area contributed by atoms with E-state index in [2.05, 4.69) is 27.4 Å². The van der Waals surface area contributed by atoms with Gasteiger partial charge in [-0.05, 0) is 50.0 Å². The van der Waals surface area contributed by atoms with E-state index < -0.39 is 9.82 Å². The van der Waals surface area contributed by atoms with Gasteiger partial charge in [0.05, 0.1) is 6.61 Å². The molecule has 0 aromatic carbocycles. The van der Waals surface area contributed by atoms with Crippen molar-refractivity contribution in [3.8, 4) is 0 Å². The average Bonchev–Trinajstić information content (AvgIpc) is 2.40. The Balaban J connectivity index is 5.01. The summed E-state index contributed by atoms with van der Waals surface area (Å²) in [5, 5.41) is 0. The molecular formula is C16H35NOS. The van der Waals surface area contributed by atoms with E-state index in [4.69, 9.17) is 9.10 Å². The standard InChI is InChI=1S/C16H35NOS/c1-6-10-13-19(14-11-7-2,15-12-8-3)17-16(5)18-9-4/h19H,5-15H2,1-4H3. The topological polar surface area (TPSA) is 21.6 Å². The van der Waals surface area contributed by atoms with Gasteiger partial charge in [0.1, 0.15) is 0 Å². The molecule has 0 rings (SSSR count). The number of thiol groups is 1. The lowest BCUT2D eigenvalue weighted by Gasteiger charge is -2.30. The molecule has 0 fully saturated rings. The first-order valence-electron chi connectivity index (χ1n) is 8.05. The fourth-order valence-electron chi connectivity index (χ4n) is 2.27. The lowest BCUT2D eigenvalue weighted by atomic mass is 10.4. The molecule has 116 valence electrons. The summed E-state index contributed by atoms with van der Waals surface area (Å²) < 4.78 is 10.5. The highest BCUT2D eigenvalue weighted by Crippen LogP contribution is 2.20. The number of nitrogens with zero attached hydrogens (tertiary/aromatic N) is 1. The van der Waals surface area contributed by atoms with E-state index in [9.17, 15) is 0 Å². The second-order valence-electron chi connectivity index (χ2n) is 5.25. The van der Waals surface area contributed by atoms with Crippen LogP contribution in [0.2, 0.25) is 0 Å². The van der Waals surface area contributed by atoms with Gasteiger partial charge in [0, 0.05) is 0 Å². The van der Waals surface area contributed by atoms with Crippen molar-refractivity contribution in [1.29, 1.82) is 0 Å². The van der Waals surface area contributed by atoms with E-state index in [0.29, 0.717) is 12.5 Å². The van der Waals surface area contributed by atoms with Crippen molar-refractivity contribution in [2.45, 2.75) is 66.2 Å². The molecule has 0 saturated carbocycles. The lowest BCUT2D eigenvalue weighted by molar-refractivity contribution is 0.230. The Morgan fingerprint density at radius 3 is 1.63 bits per heavy atom. The quantitative estimate of drug-likeness (QED) is 0.398. The first-order valence-corrected chi connectivity index (χ1v) is 10.3. The van der Waals surface area contributed by atoms with E-state index in [1.807, 2.05) is 6.92 Å². The molecule has 0 heterocycles. The number of ether oxygens (including phenoxy) is 1. The van der Waals surface area contributed by atoms with Crippen molar-refractivity contribution in [2.75, 3.05) is 23.9 Å². The molecule has 3 heteroatoms. The smallest absolute Gasteiger partial charge is 0.210 e. The van der Waals surface area contributed by atoms with Crippen LogP contribution in [0.1, 0.15) is 66.2 Å². The van der Waals surface area contributed by atoms with Gasteiger partial charge in [-0.15, -0.1) is 0 Å². The Labute approximate surface area is 122 Å². The molecule has 0 N–H and O–H groups in total. The first-order chi connectivity index (χ1) is 9.14. The van der Waals surface area contributed by atoms with Gasteiger partial charge in [-0.3, -0.25) is 0 Å². The first kappa shape index (κ1) is 18.7. The molecule has 19 heavy (non-hydrogen) atoms. The van der Waals surface area contributed by atoms with Crippen LogP contribution in [0.3, 0.4) is 0 Å². The van der Waals surface area contributed by atoms with Gasteiger partial charge in [0.25, 0.3) is 0 Å². The molecule has 0 atom stereocenters. The third-order valence-electron chi connectivity index (χ3n) is 3.42. The molecular weight excluding hydrogens is 254 g/mol. The zero-order valence-corrected chi connectivity index (χ0v) is 14.5.